The third kappa shape index (κ3) is 3.49. The van der Waals surface area contributed by atoms with Crippen LogP contribution < -0.4 is 0 Å². The van der Waals surface area contributed by atoms with Gasteiger partial charge in [0.25, 0.3) is 11.7 Å². The molecule has 0 unspecified atom stereocenters. The molecule has 1 N–H and O–H groups in total. The zero-order valence-electron chi connectivity index (χ0n) is 15.9. The number of nitrogens with zero attached hydrogens (tertiary/aromatic N) is 6. The van der Waals surface area contributed by atoms with Crippen molar-refractivity contribution in [1.29, 1.82) is 0 Å². The summed E-state index contributed by atoms with van der Waals surface area (Å²) < 4.78 is 1.53. The van der Waals surface area contributed by atoms with E-state index in [-0.39, 0.29) is 17.6 Å². The molecule has 1 aliphatic heterocycles. The van der Waals surface area contributed by atoms with Gasteiger partial charge in [-0.15, -0.1) is 5.10 Å². The maximum absolute atomic E-state index is 13.0. The molecule has 0 saturated carbocycles. The van der Waals surface area contributed by atoms with Gasteiger partial charge < -0.3 is 4.90 Å². The monoisotopic (exact) mass is 387 g/mol. The summed E-state index contributed by atoms with van der Waals surface area (Å²) in [6, 6.07) is 12.1. The second-order valence-corrected chi connectivity index (χ2v) is 7.36. The molecule has 1 fully saturated rings. The number of carbonyl (C=O) groups excluding carboxylic acids is 1. The van der Waals surface area contributed by atoms with Crippen molar-refractivity contribution in [2.75, 3.05) is 13.1 Å². The molecule has 4 heterocycles. The first-order valence-corrected chi connectivity index (χ1v) is 9.80. The topological polar surface area (TPSA) is 92.1 Å². The number of nitrogens with one attached hydrogen (secondary N) is 1. The molecule has 4 aromatic rings. The molecule has 1 saturated heterocycles. The number of hydrogen-bond donors (Lipinski definition) is 1. The minimum atomic E-state index is -0.149. The van der Waals surface area contributed by atoms with Crippen LogP contribution in [0.3, 0.4) is 0 Å². The van der Waals surface area contributed by atoms with Gasteiger partial charge >= 0.3 is 0 Å². The summed E-state index contributed by atoms with van der Waals surface area (Å²) >= 11 is 0. The predicted octanol–water partition coefficient (Wildman–Crippen LogP) is 2.46. The van der Waals surface area contributed by atoms with E-state index in [0.717, 1.165) is 25.0 Å². The third-order valence-electron chi connectivity index (χ3n) is 5.41. The number of likely N-dealkylation sites (tertiary alicyclic amines) is 1. The van der Waals surface area contributed by atoms with Gasteiger partial charge in [-0.25, -0.2) is 9.50 Å². The van der Waals surface area contributed by atoms with Crippen molar-refractivity contribution in [3.8, 4) is 0 Å². The predicted molar refractivity (Wildman–Crippen MR) is 106 cm³/mol. The van der Waals surface area contributed by atoms with E-state index in [1.807, 2.05) is 29.3 Å². The normalized spacial score (nSPS) is 17.0. The lowest BCUT2D eigenvalue weighted by atomic mass is 9.91. The molecule has 0 radical (unpaired) electrons. The average molecular weight is 387 g/mol. The number of benzene rings is 1. The number of piperidine rings is 1. The maximum Gasteiger partial charge on any atom is 0.293 e. The summed E-state index contributed by atoms with van der Waals surface area (Å²) in [5.74, 6) is 0.704. The van der Waals surface area contributed by atoms with Crippen molar-refractivity contribution in [1.82, 2.24) is 34.7 Å². The number of carbonyl (C=O) groups is 1. The maximum atomic E-state index is 13.0. The molecule has 1 amide bonds. The Labute approximate surface area is 167 Å². The van der Waals surface area contributed by atoms with Crippen LogP contribution in [0.15, 0.2) is 55.0 Å². The van der Waals surface area contributed by atoms with Gasteiger partial charge in [-0.2, -0.15) is 10.1 Å². The fourth-order valence-corrected chi connectivity index (χ4v) is 3.99. The number of fused-ring (bicyclic) bond motifs is 1. The van der Waals surface area contributed by atoms with E-state index in [9.17, 15) is 4.79 Å². The Morgan fingerprint density at radius 3 is 2.97 bits per heavy atom. The van der Waals surface area contributed by atoms with Crippen molar-refractivity contribution in [3.05, 3.63) is 77.6 Å². The van der Waals surface area contributed by atoms with Gasteiger partial charge in [0, 0.05) is 43.5 Å². The van der Waals surface area contributed by atoms with Gasteiger partial charge in [0.2, 0.25) is 5.82 Å². The highest BCUT2D eigenvalue weighted by Crippen LogP contribution is 2.29. The van der Waals surface area contributed by atoms with Gasteiger partial charge in [0.1, 0.15) is 0 Å². The first kappa shape index (κ1) is 17.5. The summed E-state index contributed by atoms with van der Waals surface area (Å²) in [7, 11) is 0. The van der Waals surface area contributed by atoms with Crippen LogP contribution in [0.1, 0.15) is 46.2 Å². The van der Waals surface area contributed by atoms with Crippen molar-refractivity contribution < 1.29 is 4.79 Å². The summed E-state index contributed by atoms with van der Waals surface area (Å²) in [5.41, 5.74) is 3.56. The van der Waals surface area contributed by atoms with Gasteiger partial charge in [-0.05, 0) is 30.0 Å². The quantitative estimate of drug-likeness (QED) is 0.581. The molecule has 8 nitrogen and oxygen atoms in total. The molecule has 146 valence electrons. The Morgan fingerprint density at radius 2 is 2.10 bits per heavy atom. The van der Waals surface area contributed by atoms with Gasteiger partial charge in [0.15, 0.2) is 0 Å². The van der Waals surface area contributed by atoms with E-state index in [1.165, 1.54) is 15.6 Å². The highest BCUT2D eigenvalue weighted by atomic mass is 16.2. The standard InChI is InChI=1S/C21H21N7O/c29-20(19-24-21-22-9-5-11-28(21)26-19)27-10-4-8-16(14-27)18-17(13-23-25-18)12-15-6-2-1-3-7-15/h1-3,5-7,9,11,13,16H,4,8,10,12,14H2,(H,23,25)/t16-/m0/s1. The number of amides is 1. The highest BCUT2D eigenvalue weighted by molar-refractivity contribution is 5.91. The van der Waals surface area contributed by atoms with E-state index < -0.39 is 0 Å². The minimum absolute atomic E-state index is 0.149. The first-order valence-electron chi connectivity index (χ1n) is 9.80. The second-order valence-electron chi connectivity index (χ2n) is 7.36. The number of H-pyrrole nitrogens is 1. The summed E-state index contributed by atoms with van der Waals surface area (Å²) in [6.07, 6.45) is 8.07. The molecule has 8 heteroatoms. The Balaban J connectivity index is 1.34. The lowest BCUT2D eigenvalue weighted by Crippen LogP contribution is -2.40. The Hall–Kier alpha value is -3.55. The molecule has 0 spiro atoms. The van der Waals surface area contributed by atoms with Crippen molar-refractivity contribution in [3.63, 3.8) is 0 Å². The fourth-order valence-electron chi connectivity index (χ4n) is 3.99. The van der Waals surface area contributed by atoms with Crippen molar-refractivity contribution in [2.45, 2.75) is 25.2 Å². The number of aromatic amines is 1. The van der Waals surface area contributed by atoms with Crippen molar-refractivity contribution >= 4 is 11.7 Å². The van der Waals surface area contributed by atoms with E-state index in [2.05, 4.69) is 37.4 Å². The highest BCUT2D eigenvalue weighted by Gasteiger charge is 2.29. The molecule has 1 aromatic carbocycles. The SMILES string of the molecule is O=C(c1nc2ncccn2n1)N1CCC[C@H](c2[nH]ncc2Cc2ccccc2)C1. The average Bonchev–Trinajstić information content (AvgIpc) is 3.41. The van der Waals surface area contributed by atoms with Crippen molar-refractivity contribution in [2.24, 2.45) is 0 Å². The largest absolute Gasteiger partial charge is 0.335 e. The molecule has 5 rings (SSSR count). The van der Waals surface area contributed by atoms with Gasteiger partial charge in [-0.1, -0.05) is 30.3 Å². The van der Waals surface area contributed by atoms with Gasteiger partial charge in [-0.3, -0.25) is 9.89 Å². The molecule has 29 heavy (non-hydrogen) atoms. The molecule has 3 aromatic heterocycles. The number of rotatable bonds is 4. The van der Waals surface area contributed by atoms with Crippen LogP contribution in [0.5, 0.6) is 0 Å². The molecular weight excluding hydrogens is 366 g/mol. The van der Waals surface area contributed by atoms with Crippen LogP contribution in [0.25, 0.3) is 5.78 Å². The zero-order valence-corrected chi connectivity index (χ0v) is 15.9. The van der Waals surface area contributed by atoms with Gasteiger partial charge in [0.05, 0.1) is 6.20 Å². The van der Waals surface area contributed by atoms with Crippen LogP contribution in [0.4, 0.5) is 0 Å². The third-order valence-corrected chi connectivity index (χ3v) is 5.41. The van der Waals surface area contributed by atoms with E-state index in [4.69, 9.17) is 0 Å². The summed E-state index contributed by atoms with van der Waals surface area (Å²) in [4.78, 5) is 23.3. The Kier molecular flexibility index (Phi) is 4.51. The second kappa shape index (κ2) is 7.46. The van der Waals surface area contributed by atoms with Crippen LogP contribution >= 0.6 is 0 Å². The Bertz CT molecular complexity index is 1100. The minimum Gasteiger partial charge on any atom is -0.335 e. The van der Waals surface area contributed by atoms with E-state index in [0.29, 0.717) is 18.9 Å². The smallest absolute Gasteiger partial charge is 0.293 e. The summed E-state index contributed by atoms with van der Waals surface area (Å²) in [5, 5.41) is 11.7. The summed E-state index contributed by atoms with van der Waals surface area (Å²) in [6.45, 7) is 1.34. The molecule has 0 bridgehead atoms. The van der Waals surface area contributed by atoms with Crippen LogP contribution in [-0.2, 0) is 6.42 Å². The van der Waals surface area contributed by atoms with E-state index >= 15 is 0 Å². The molecule has 0 aliphatic carbocycles. The lowest BCUT2D eigenvalue weighted by Gasteiger charge is -2.32. The number of hydrogen-bond acceptors (Lipinski definition) is 5. The van der Waals surface area contributed by atoms with Crippen LogP contribution in [-0.4, -0.2) is 53.7 Å². The number of aromatic nitrogens is 6. The van der Waals surface area contributed by atoms with Crippen LogP contribution in [0.2, 0.25) is 0 Å². The lowest BCUT2D eigenvalue weighted by molar-refractivity contribution is 0.0693. The fraction of sp³-hybridized carbons (Fsp3) is 0.286. The van der Waals surface area contributed by atoms with Crippen LogP contribution in [0, 0.1) is 0 Å². The van der Waals surface area contributed by atoms with E-state index in [1.54, 1.807) is 18.5 Å². The molecular formula is C21H21N7O. The molecule has 1 atom stereocenters. The Morgan fingerprint density at radius 1 is 1.21 bits per heavy atom. The molecule has 1 aliphatic rings. The zero-order chi connectivity index (χ0) is 19.6. The first-order chi connectivity index (χ1) is 14.3.